The number of morpholine rings is 1. The second kappa shape index (κ2) is 9.34. The van der Waals surface area contributed by atoms with Crippen LogP contribution in [0, 0.1) is 17.5 Å². The topological polar surface area (TPSA) is 41.6 Å². The smallest absolute Gasteiger partial charge is 0.244 e. The van der Waals surface area contributed by atoms with E-state index in [1.54, 1.807) is 0 Å². The lowest BCUT2D eigenvalue weighted by atomic mass is 10.1. The molecule has 7 heteroatoms. The Hall–Kier alpha value is -2.80. The maximum atomic E-state index is 13.7. The first-order valence-corrected chi connectivity index (χ1v) is 9.87. The van der Waals surface area contributed by atoms with Gasteiger partial charge in [-0.2, -0.15) is 0 Å². The lowest BCUT2D eigenvalue weighted by Gasteiger charge is -2.37. The summed E-state index contributed by atoms with van der Waals surface area (Å²) in [6.07, 6.45) is 2.49. The summed E-state index contributed by atoms with van der Waals surface area (Å²) in [6, 6.07) is 9.49. The van der Waals surface area contributed by atoms with Crippen molar-refractivity contribution in [2.75, 3.05) is 18.0 Å². The van der Waals surface area contributed by atoms with E-state index in [-0.39, 0.29) is 23.8 Å². The molecule has 1 amide bonds. The molecule has 2 aromatic carbocycles. The van der Waals surface area contributed by atoms with Crippen molar-refractivity contribution in [3.63, 3.8) is 0 Å². The van der Waals surface area contributed by atoms with Gasteiger partial charge in [-0.25, -0.2) is 13.2 Å². The van der Waals surface area contributed by atoms with Crippen molar-refractivity contribution < 1.29 is 22.7 Å². The van der Waals surface area contributed by atoms with Gasteiger partial charge in [-0.05, 0) is 56.7 Å². The first-order chi connectivity index (χ1) is 14.2. The number of benzene rings is 2. The fraction of sp³-hybridized carbons (Fsp3) is 0.348. The molecule has 1 aliphatic rings. The van der Waals surface area contributed by atoms with Crippen molar-refractivity contribution in [3.05, 3.63) is 71.1 Å². The molecular weight excluding hydrogens is 393 g/mol. The maximum Gasteiger partial charge on any atom is 0.244 e. The van der Waals surface area contributed by atoms with E-state index in [9.17, 15) is 18.0 Å². The molecule has 1 heterocycles. The Kier molecular flexibility index (Phi) is 6.82. The quantitative estimate of drug-likeness (QED) is 0.570. The van der Waals surface area contributed by atoms with Crippen LogP contribution >= 0.6 is 0 Å². The van der Waals surface area contributed by atoms with Gasteiger partial charge < -0.3 is 15.0 Å². The zero-order chi connectivity index (χ0) is 21.8. The summed E-state index contributed by atoms with van der Waals surface area (Å²) in [7, 11) is 0. The minimum atomic E-state index is -1.56. The third kappa shape index (κ3) is 5.21. The molecule has 0 saturated carbocycles. The number of anilines is 1. The van der Waals surface area contributed by atoms with Gasteiger partial charge in [-0.3, -0.25) is 4.79 Å². The van der Waals surface area contributed by atoms with E-state index in [4.69, 9.17) is 4.74 Å². The molecule has 3 unspecified atom stereocenters. The maximum absolute atomic E-state index is 13.7. The van der Waals surface area contributed by atoms with Crippen LogP contribution in [0.5, 0.6) is 0 Å². The Balaban J connectivity index is 1.66. The second-order valence-electron chi connectivity index (χ2n) is 7.59. The van der Waals surface area contributed by atoms with Gasteiger partial charge in [-0.15, -0.1) is 0 Å². The number of carbonyl (C=O) groups excluding carboxylic acids is 1. The monoisotopic (exact) mass is 418 g/mol. The lowest BCUT2D eigenvalue weighted by molar-refractivity contribution is -0.117. The van der Waals surface area contributed by atoms with E-state index >= 15 is 0 Å². The van der Waals surface area contributed by atoms with Crippen molar-refractivity contribution in [3.8, 4) is 0 Å². The molecule has 1 N–H and O–H groups in total. The summed E-state index contributed by atoms with van der Waals surface area (Å²) >= 11 is 0. The van der Waals surface area contributed by atoms with Crippen molar-refractivity contribution >= 4 is 17.7 Å². The highest BCUT2D eigenvalue weighted by molar-refractivity contribution is 5.92. The molecule has 0 radical (unpaired) electrons. The van der Waals surface area contributed by atoms with Crippen LogP contribution in [-0.2, 0) is 9.53 Å². The first-order valence-electron chi connectivity index (χ1n) is 9.87. The number of hydrogen-bond acceptors (Lipinski definition) is 3. The minimum Gasteiger partial charge on any atom is -0.372 e. The number of amides is 1. The zero-order valence-electron chi connectivity index (χ0n) is 17.2. The van der Waals surface area contributed by atoms with Gasteiger partial charge in [0, 0.05) is 30.4 Å². The molecule has 3 atom stereocenters. The molecular formula is C23H25F3N2O2. The SMILES string of the molecule is CC1CN(c2cccc(C(C)NC(=O)C=Cc3ccc(F)c(F)c3F)c2)CC(C)O1. The number of hydrogen-bond donors (Lipinski definition) is 1. The van der Waals surface area contributed by atoms with Gasteiger partial charge in [0.25, 0.3) is 0 Å². The number of carbonyl (C=O) groups is 1. The Morgan fingerprint density at radius 3 is 2.53 bits per heavy atom. The average molecular weight is 418 g/mol. The molecule has 1 fully saturated rings. The van der Waals surface area contributed by atoms with Crippen LogP contribution in [0.2, 0.25) is 0 Å². The van der Waals surface area contributed by atoms with E-state index in [2.05, 4.69) is 10.2 Å². The molecule has 0 bridgehead atoms. The van der Waals surface area contributed by atoms with Gasteiger partial charge >= 0.3 is 0 Å². The number of ether oxygens (including phenoxy) is 1. The number of halogens is 3. The molecule has 1 saturated heterocycles. The van der Waals surface area contributed by atoms with E-state index in [1.165, 1.54) is 0 Å². The predicted octanol–water partition coefficient (Wildman–Crippen LogP) is 4.61. The van der Waals surface area contributed by atoms with Crippen molar-refractivity contribution in [1.29, 1.82) is 0 Å². The Labute approximate surface area is 174 Å². The zero-order valence-corrected chi connectivity index (χ0v) is 17.2. The van der Waals surface area contributed by atoms with E-state index in [1.807, 2.05) is 45.0 Å². The molecule has 3 rings (SSSR count). The summed E-state index contributed by atoms with van der Waals surface area (Å²) in [4.78, 5) is 14.5. The molecule has 2 aromatic rings. The van der Waals surface area contributed by atoms with Gasteiger partial charge in [0.15, 0.2) is 17.5 Å². The van der Waals surface area contributed by atoms with Crippen LogP contribution in [0.3, 0.4) is 0 Å². The highest BCUT2D eigenvalue weighted by Gasteiger charge is 2.23. The summed E-state index contributed by atoms with van der Waals surface area (Å²) in [5.41, 5.74) is 1.77. The molecule has 0 aromatic heterocycles. The predicted molar refractivity (Wildman–Crippen MR) is 111 cm³/mol. The van der Waals surface area contributed by atoms with Crippen LogP contribution < -0.4 is 10.2 Å². The van der Waals surface area contributed by atoms with Gasteiger partial charge in [0.1, 0.15) is 0 Å². The third-order valence-electron chi connectivity index (χ3n) is 4.99. The van der Waals surface area contributed by atoms with Gasteiger partial charge in [-0.1, -0.05) is 12.1 Å². The average Bonchev–Trinajstić information content (AvgIpc) is 2.71. The van der Waals surface area contributed by atoms with Gasteiger partial charge in [0.2, 0.25) is 5.91 Å². The van der Waals surface area contributed by atoms with Crippen LogP contribution in [-0.4, -0.2) is 31.2 Å². The normalized spacial score (nSPS) is 20.4. The summed E-state index contributed by atoms with van der Waals surface area (Å²) < 4.78 is 45.8. The summed E-state index contributed by atoms with van der Waals surface area (Å²) in [6.45, 7) is 7.50. The largest absolute Gasteiger partial charge is 0.372 e. The fourth-order valence-corrected chi connectivity index (χ4v) is 3.56. The number of nitrogens with one attached hydrogen (secondary N) is 1. The van der Waals surface area contributed by atoms with E-state index < -0.39 is 23.4 Å². The lowest BCUT2D eigenvalue weighted by Crippen LogP contribution is -2.45. The third-order valence-corrected chi connectivity index (χ3v) is 4.99. The first kappa shape index (κ1) is 21.9. The minimum absolute atomic E-state index is 0.136. The number of rotatable bonds is 5. The van der Waals surface area contributed by atoms with Crippen LogP contribution in [0.15, 0.2) is 42.5 Å². The van der Waals surface area contributed by atoms with Crippen LogP contribution in [0.25, 0.3) is 6.08 Å². The van der Waals surface area contributed by atoms with E-state index in [0.29, 0.717) is 0 Å². The fourth-order valence-electron chi connectivity index (χ4n) is 3.56. The standard InChI is InChI=1S/C23H25F3N2O2/c1-14-12-28(13-15(2)30-14)19-6-4-5-18(11-19)16(3)27-21(29)10-8-17-7-9-20(24)23(26)22(17)25/h4-11,14-16H,12-13H2,1-3H3,(H,27,29). The van der Waals surface area contributed by atoms with Gasteiger partial charge in [0.05, 0.1) is 18.2 Å². The van der Waals surface area contributed by atoms with Crippen molar-refractivity contribution in [2.24, 2.45) is 0 Å². The molecule has 1 aliphatic heterocycles. The van der Waals surface area contributed by atoms with Crippen molar-refractivity contribution in [2.45, 2.75) is 39.0 Å². The molecule has 160 valence electrons. The second-order valence-corrected chi connectivity index (χ2v) is 7.59. The molecule has 4 nitrogen and oxygen atoms in total. The molecule has 30 heavy (non-hydrogen) atoms. The number of nitrogens with zero attached hydrogens (tertiary/aromatic N) is 1. The highest BCUT2D eigenvalue weighted by Crippen LogP contribution is 2.24. The molecule has 0 spiro atoms. The molecule has 0 aliphatic carbocycles. The Bertz CT molecular complexity index is 938. The summed E-state index contributed by atoms with van der Waals surface area (Å²) in [5.74, 6) is -4.62. The summed E-state index contributed by atoms with van der Waals surface area (Å²) in [5, 5.41) is 2.80. The Morgan fingerprint density at radius 1 is 1.13 bits per heavy atom. The Morgan fingerprint density at radius 2 is 1.83 bits per heavy atom. The van der Waals surface area contributed by atoms with Crippen LogP contribution in [0.1, 0.15) is 37.9 Å². The van der Waals surface area contributed by atoms with E-state index in [0.717, 1.165) is 48.6 Å². The highest BCUT2D eigenvalue weighted by atomic mass is 19.2. The van der Waals surface area contributed by atoms with Crippen LogP contribution in [0.4, 0.5) is 18.9 Å². The van der Waals surface area contributed by atoms with Crippen molar-refractivity contribution in [1.82, 2.24) is 5.32 Å².